The van der Waals surface area contributed by atoms with Crippen LogP contribution in [0.4, 0.5) is 17.1 Å². The number of carbonyl (C=O) groups excluding carboxylic acids is 3. The second-order valence-corrected chi connectivity index (χ2v) is 9.97. The van der Waals surface area contributed by atoms with Crippen LogP contribution >= 0.6 is 0 Å². The second kappa shape index (κ2) is 9.59. The summed E-state index contributed by atoms with van der Waals surface area (Å²) in [6.07, 6.45) is 2.63. The predicted molar refractivity (Wildman–Crippen MR) is 149 cm³/mol. The van der Waals surface area contributed by atoms with Crippen LogP contribution in [-0.2, 0) is 38.7 Å². The molecule has 9 heteroatoms. The van der Waals surface area contributed by atoms with Crippen molar-refractivity contribution in [3.63, 3.8) is 0 Å². The maximum absolute atomic E-state index is 13.7. The van der Waals surface area contributed by atoms with Gasteiger partial charge in [-0.3, -0.25) is 14.4 Å². The lowest BCUT2D eigenvalue weighted by molar-refractivity contribution is -0.144. The van der Waals surface area contributed by atoms with Crippen LogP contribution in [0.15, 0.2) is 66.9 Å². The van der Waals surface area contributed by atoms with E-state index in [1.54, 1.807) is 11.0 Å². The first-order valence-corrected chi connectivity index (χ1v) is 12.9. The topological polar surface area (TPSA) is 110 Å². The average Bonchev–Trinajstić information content (AvgIpc) is 3.49. The SMILES string of the molecule is CC(=O)ON1c2cc3c(cc2NC(=O)C1c1cn(Cc2cccc(CN)c2)c2ccccc12)N(C(C)=O)CC3. The zero-order valence-corrected chi connectivity index (χ0v) is 21.8. The number of fused-ring (bicyclic) bond motifs is 3. The quantitative estimate of drug-likeness (QED) is 0.409. The lowest BCUT2D eigenvalue weighted by atomic mass is 10.00. The molecule has 0 aliphatic carbocycles. The summed E-state index contributed by atoms with van der Waals surface area (Å²) in [6, 6.07) is 18.8. The molecule has 3 N–H and O–H groups in total. The summed E-state index contributed by atoms with van der Waals surface area (Å²) in [6.45, 7) is 4.45. The van der Waals surface area contributed by atoms with E-state index in [0.29, 0.717) is 37.4 Å². The Morgan fingerprint density at radius 2 is 1.82 bits per heavy atom. The monoisotopic (exact) mass is 523 g/mol. The molecule has 0 bridgehead atoms. The minimum Gasteiger partial charge on any atom is -0.343 e. The summed E-state index contributed by atoms with van der Waals surface area (Å²) in [4.78, 5) is 45.5. The number of para-hydroxylation sites is 1. The van der Waals surface area contributed by atoms with Crippen molar-refractivity contribution in [3.8, 4) is 0 Å². The first kappa shape index (κ1) is 24.7. The van der Waals surface area contributed by atoms with Crippen molar-refractivity contribution < 1.29 is 19.2 Å². The summed E-state index contributed by atoms with van der Waals surface area (Å²) in [5.74, 6) is -0.923. The van der Waals surface area contributed by atoms with Gasteiger partial charge in [-0.15, -0.1) is 0 Å². The fourth-order valence-corrected chi connectivity index (χ4v) is 5.66. The standard InChI is InChI=1S/C30H29N5O4/c1-18(36)34-11-10-22-13-28-25(14-27(22)34)32-30(38)29(35(28)39-19(2)37)24-17-33(26-9-4-3-8-23(24)26)16-21-7-5-6-20(12-21)15-31/h3-9,12-14,17,29H,10-11,15-16,31H2,1-2H3,(H,32,38). The van der Waals surface area contributed by atoms with Gasteiger partial charge in [0.05, 0.1) is 5.69 Å². The minimum atomic E-state index is -0.911. The third-order valence-electron chi connectivity index (χ3n) is 7.37. The lowest BCUT2D eigenvalue weighted by Gasteiger charge is -2.36. The first-order chi connectivity index (χ1) is 18.8. The number of nitrogens with two attached hydrogens (primary N) is 1. The summed E-state index contributed by atoms with van der Waals surface area (Å²) in [7, 11) is 0. The zero-order chi connectivity index (χ0) is 27.3. The van der Waals surface area contributed by atoms with Crippen LogP contribution in [0.25, 0.3) is 10.9 Å². The molecule has 9 nitrogen and oxygen atoms in total. The van der Waals surface area contributed by atoms with Crippen LogP contribution in [0, 0.1) is 0 Å². The number of hydroxylamine groups is 1. The molecule has 2 amide bonds. The highest BCUT2D eigenvalue weighted by molar-refractivity contribution is 6.07. The highest BCUT2D eigenvalue weighted by Gasteiger charge is 2.40. The van der Waals surface area contributed by atoms with Gasteiger partial charge >= 0.3 is 5.97 Å². The number of nitrogens with one attached hydrogen (secondary N) is 1. The Balaban J connectivity index is 1.46. The van der Waals surface area contributed by atoms with Crippen LogP contribution in [0.1, 0.15) is 42.1 Å². The first-order valence-electron chi connectivity index (χ1n) is 12.9. The van der Waals surface area contributed by atoms with Gasteiger partial charge in [-0.2, -0.15) is 5.06 Å². The molecule has 0 fully saturated rings. The Kier molecular flexibility index (Phi) is 6.07. The average molecular weight is 524 g/mol. The summed E-state index contributed by atoms with van der Waals surface area (Å²) in [5, 5.41) is 5.30. The molecular formula is C30H29N5O4. The third-order valence-corrected chi connectivity index (χ3v) is 7.37. The molecule has 1 atom stereocenters. The lowest BCUT2D eigenvalue weighted by Crippen LogP contribution is -2.42. The highest BCUT2D eigenvalue weighted by atomic mass is 16.7. The van der Waals surface area contributed by atoms with Gasteiger partial charge < -0.3 is 25.4 Å². The number of rotatable bonds is 5. The number of amides is 2. The van der Waals surface area contributed by atoms with Crippen molar-refractivity contribution in [1.82, 2.24) is 4.57 Å². The second-order valence-electron chi connectivity index (χ2n) is 9.97. The number of anilines is 3. The molecule has 0 saturated heterocycles. The van der Waals surface area contributed by atoms with Crippen molar-refractivity contribution >= 4 is 45.7 Å². The Morgan fingerprint density at radius 3 is 2.59 bits per heavy atom. The van der Waals surface area contributed by atoms with Gasteiger partial charge in [0.1, 0.15) is 5.69 Å². The number of carbonyl (C=O) groups is 3. The van der Waals surface area contributed by atoms with E-state index in [2.05, 4.69) is 16.0 Å². The van der Waals surface area contributed by atoms with Gasteiger partial charge in [0.15, 0.2) is 6.04 Å². The molecule has 39 heavy (non-hydrogen) atoms. The molecule has 3 heterocycles. The van der Waals surface area contributed by atoms with Crippen LogP contribution in [0.3, 0.4) is 0 Å². The van der Waals surface area contributed by atoms with E-state index in [-0.39, 0.29) is 11.8 Å². The Labute approximate surface area is 225 Å². The summed E-state index contributed by atoms with van der Waals surface area (Å²) >= 11 is 0. The predicted octanol–water partition coefficient (Wildman–Crippen LogP) is 4.04. The molecule has 6 rings (SSSR count). The van der Waals surface area contributed by atoms with E-state index in [1.165, 1.54) is 18.9 Å². The van der Waals surface area contributed by atoms with Gasteiger partial charge in [0.2, 0.25) is 5.91 Å². The Bertz CT molecular complexity index is 1640. The van der Waals surface area contributed by atoms with Crippen molar-refractivity contribution in [1.29, 1.82) is 0 Å². The van der Waals surface area contributed by atoms with Crippen molar-refractivity contribution in [2.75, 3.05) is 21.8 Å². The van der Waals surface area contributed by atoms with Gasteiger partial charge in [-0.1, -0.05) is 42.5 Å². The summed E-state index contributed by atoms with van der Waals surface area (Å²) in [5.41, 5.74) is 12.4. The molecule has 2 aliphatic heterocycles. The number of hydrogen-bond donors (Lipinski definition) is 2. The highest BCUT2D eigenvalue weighted by Crippen LogP contribution is 2.45. The van der Waals surface area contributed by atoms with Crippen molar-refractivity contribution in [2.45, 2.75) is 39.4 Å². The molecule has 198 valence electrons. The van der Waals surface area contributed by atoms with Gasteiger partial charge in [0.25, 0.3) is 5.91 Å². The van der Waals surface area contributed by atoms with Gasteiger partial charge in [0, 0.05) is 61.8 Å². The smallest absolute Gasteiger partial charge is 0.329 e. The Morgan fingerprint density at radius 1 is 1.03 bits per heavy atom. The molecule has 3 aromatic carbocycles. The molecule has 1 aromatic heterocycles. The minimum absolute atomic E-state index is 0.0598. The van der Waals surface area contributed by atoms with Gasteiger partial charge in [-0.25, -0.2) is 0 Å². The van der Waals surface area contributed by atoms with E-state index in [9.17, 15) is 14.4 Å². The van der Waals surface area contributed by atoms with E-state index in [0.717, 1.165) is 38.8 Å². The van der Waals surface area contributed by atoms with E-state index in [1.807, 2.05) is 54.7 Å². The number of aromatic nitrogens is 1. The third kappa shape index (κ3) is 4.30. The number of benzene rings is 3. The fraction of sp³-hybridized carbons (Fsp3) is 0.233. The van der Waals surface area contributed by atoms with Crippen LogP contribution in [-0.4, -0.2) is 28.9 Å². The molecule has 0 spiro atoms. The largest absolute Gasteiger partial charge is 0.343 e. The van der Waals surface area contributed by atoms with Crippen LogP contribution < -0.4 is 21.0 Å². The number of hydrogen-bond acceptors (Lipinski definition) is 6. The van der Waals surface area contributed by atoms with Crippen LogP contribution in [0.2, 0.25) is 0 Å². The molecule has 1 unspecified atom stereocenters. The maximum atomic E-state index is 13.7. The fourth-order valence-electron chi connectivity index (χ4n) is 5.66. The van der Waals surface area contributed by atoms with E-state index in [4.69, 9.17) is 10.6 Å². The molecule has 4 aromatic rings. The molecule has 2 aliphatic rings. The normalized spacial score (nSPS) is 16.2. The van der Waals surface area contributed by atoms with Crippen molar-refractivity contribution in [3.05, 3.63) is 89.1 Å². The van der Waals surface area contributed by atoms with E-state index < -0.39 is 12.0 Å². The molecule has 0 radical (unpaired) electrons. The molecule has 0 saturated carbocycles. The molecular weight excluding hydrogens is 494 g/mol. The summed E-state index contributed by atoms with van der Waals surface area (Å²) < 4.78 is 2.10. The Hall–Kier alpha value is -4.63. The number of nitrogens with zero attached hydrogens (tertiary/aromatic N) is 3. The van der Waals surface area contributed by atoms with E-state index >= 15 is 0 Å². The van der Waals surface area contributed by atoms with Crippen molar-refractivity contribution in [2.24, 2.45) is 5.73 Å². The van der Waals surface area contributed by atoms with Crippen LogP contribution in [0.5, 0.6) is 0 Å². The maximum Gasteiger partial charge on any atom is 0.329 e. The van der Waals surface area contributed by atoms with Gasteiger partial charge in [-0.05, 0) is 41.3 Å². The zero-order valence-electron chi connectivity index (χ0n) is 21.8.